The van der Waals surface area contributed by atoms with Gasteiger partial charge in [0.25, 0.3) is 0 Å². The molecule has 0 aliphatic rings. The largest absolute Gasteiger partial charge is 0.495 e. The fourth-order valence-electron chi connectivity index (χ4n) is 2.02. The number of aromatic nitrogens is 2. The molecular formula is C14H10BrClN2O. The van der Waals surface area contributed by atoms with Crippen molar-refractivity contribution < 1.29 is 4.74 Å². The quantitative estimate of drug-likeness (QED) is 0.739. The van der Waals surface area contributed by atoms with E-state index < -0.39 is 0 Å². The van der Waals surface area contributed by atoms with Gasteiger partial charge in [-0.25, -0.2) is 4.98 Å². The summed E-state index contributed by atoms with van der Waals surface area (Å²) in [6.45, 7) is 0. The molecule has 0 unspecified atom stereocenters. The summed E-state index contributed by atoms with van der Waals surface area (Å²) in [6.07, 6.45) is 0. The van der Waals surface area contributed by atoms with Crippen LogP contribution in [0.3, 0.4) is 0 Å². The molecule has 0 aliphatic heterocycles. The molecule has 19 heavy (non-hydrogen) atoms. The van der Waals surface area contributed by atoms with Gasteiger partial charge in [0, 0.05) is 0 Å². The van der Waals surface area contributed by atoms with E-state index in [4.69, 9.17) is 16.3 Å². The highest BCUT2D eigenvalue weighted by Gasteiger charge is 2.17. The molecule has 0 bridgehead atoms. The number of halogens is 2. The van der Waals surface area contributed by atoms with Crippen LogP contribution in [0.1, 0.15) is 0 Å². The third kappa shape index (κ3) is 2.11. The number of benzene rings is 2. The van der Waals surface area contributed by atoms with Crippen LogP contribution in [0.5, 0.6) is 5.75 Å². The molecule has 0 saturated carbocycles. The molecule has 0 radical (unpaired) electrons. The minimum atomic E-state index is 0.596. The highest BCUT2D eigenvalue weighted by Crippen LogP contribution is 2.40. The molecule has 3 rings (SSSR count). The van der Waals surface area contributed by atoms with E-state index in [-0.39, 0.29) is 0 Å². The van der Waals surface area contributed by atoms with Crippen molar-refractivity contribution in [2.24, 2.45) is 0 Å². The normalized spacial score (nSPS) is 10.9. The number of para-hydroxylation sites is 2. The summed E-state index contributed by atoms with van der Waals surface area (Å²) in [7, 11) is 1.61. The van der Waals surface area contributed by atoms with Gasteiger partial charge in [-0.3, -0.25) is 0 Å². The first-order valence-electron chi connectivity index (χ1n) is 5.68. The van der Waals surface area contributed by atoms with E-state index in [1.807, 2.05) is 36.4 Å². The number of aromatic amines is 1. The third-order valence-corrected chi connectivity index (χ3v) is 3.83. The van der Waals surface area contributed by atoms with Gasteiger partial charge in [0.05, 0.1) is 33.2 Å². The molecule has 0 spiro atoms. The molecule has 0 aliphatic carbocycles. The number of nitrogens with one attached hydrogen (secondary N) is 1. The summed E-state index contributed by atoms with van der Waals surface area (Å²) >= 11 is 9.74. The Balaban J connectivity index is 2.29. The van der Waals surface area contributed by atoms with Crippen molar-refractivity contribution in [3.63, 3.8) is 0 Å². The van der Waals surface area contributed by atoms with E-state index in [1.54, 1.807) is 7.11 Å². The molecule has 5 heteroatoms. The van der Waals surface area contributed by atoms with E-state index in [9.17, 15) is 0 Å². The molecule has 1 aromatic heterocycles. The summed E-state index contributed by atoms with van der Waals surface area (Å²) < 4.78 is 6.26. The lowest BCUT2D eigenvalue weighted by Gasteiger charge is -2.10. The fraction of sp³-hybridized carbons (Fsp3) is 0.0714. The van der Waals surface area contributed by atoms with Crippen molar-refractivity contribution in [1.29, 1.82) is 0 Å². The topological polar surface area (TPSA) is 37.9 Å². The second-order valence-corrected chi connectivity index (χ2v) is 5.30. The van der Waals surface area contributed by atoms with Gasteiger partial charge in [-0.2, -0.15) is 0 Å². The zero-order valence-electron chi connectivity index (χ0n) is 10.1. The number of imidazole rings is 1. The third-order valence-electron chi connectivity index (χ3n) is 2.89. The van der Waals surface area contributed by atoms with Gasteiger partial charge in [0.1, 0.15) is 11.6 Å². The van der Waals surface area contributed by atoms with E-state index in [1.165, 1.54) is 0 Å². The van der Waals surface area contributed by atoms with Crippen LogP contribution in [-0.4, -0.2) is 17.1 Å². The Bertz CT molecular complexity index is 721. The minimum absolute atomic E-state index is 0.596. The number of H-pyrrole nitrogens is 1. The molecule has 0 saturated heterocycles. The maximum Gasteiger partial charge on any atom is 0.145 e. The molecule has 0 fully saturated rings. The summed E-state index contributed by atoms with van der Waals surface area (Å²) in [6, 6.07) is 11.5. The second-order valence-electron chi connectivity index (χ2n) is 4.04. The lowest BCUT2D eigenvalue weighted by Crippen LogP contribution is -1.91. The first kappa shape index (κ1) is 12.5. The van der Waals surface area contributed by atoms with Crippen LogP contribution in [0.2, 0.25) is 5.02 Å². The Kier molecular flexibility index (Phi) is 3.21. The number of methoxy groups -OCH3 is 1. The van der Waals surface area contributed by atoms with Crippen molar-refractivity contribution >= 4 is 38.6 Å². The summed E-state index contributed by atoms with van der Waals surface area (Å²) in [5.74, 6) is 1.37. The number of fused-ring (bicyclic) bond motifs is 1. The molecule has 0 amide bonds. The van der Waals surface area contributed by atoms with E-state index in [2.05, 4.69) is 25.9 Å². The van der Waals surface area contributed by atoms with Gasteiger partial charge in [-0.1, -0.05) is 23.7 Å². The fourth-order valence-corrected chi connectivity index (χ4v) is 2.76. The van der Waals surface area contributed by atoms with Crippen LogP contribution in [0.15, 0.2) is 40.9 Å². The van der Waals surface area contributed by atoms with Crippen LogP contribution in [-0.2, 0) is 0 Å². The SMILES string of the molecule is COc1c(Br)ccc(Cl)c1-c1nc2ccccc2[nH]1. The van der Waals surface area contributed by atoms with Crippen LogP contribution in [0.25, 0.3) is 22.4 Å². The maximum atomic E-state index is 6.28. The smallest absolute Gasteiger partial charge is 0.145 e. The molecule has 3 nitrogen and oxygen atoms in total. The zero-order chi connectivity index (χ0) is 13.4. The standard InChI is InChI=1S/C14H10BrClN2O/c1-19-13-8(15)6-7-9(16)12(13)14-17-10-4-2-3-5-11(10)18-14/h2-7H,1H3,(H,17,18). The Hall–Kier alpha value is -1.52. The molecule has 1 heterocycles. The Morgan fingerprint density at radius 2 is 2.00 bits per heavy atom. The minimum Gasteiger partial charge on any atom is -0.495 e. The second kappa shape index (κ2) is 4.87. The van der Waals surface area contributed by atoms with Gasteiger partial charge >= 0.3 is 0 Å². The highest BCUT2D eigenvalue weighted by molar-refractivity contribution is 9.10. The first-order valence-corrected chi connectivity index (χ1v) is 6.85. The van der Waals surface area contributed by atoms with Crippen LogP contribution in [0.4, 0.5) is 0 Å². The molecule has 0 atom stereocenters. The molecule has 96 valence electrons. The number of hydrogen-bond donors (Lipinski definition) is 1. The van der Waals surface area contributed by atoms with Crippen molar-refractivity contribution in [3.8, 4) is 17.1 Å². The number of nitrogens with zero attached hydrogens (tertiary/aromatic N) is 1. The van der Waals surface area contributed by atoms with E-state index in [0.29, 0.717) is 16.6 Å². The van der Waals surface area contributed by atoms with Gasteiger partial charge in [-0.15, -0.1) is 0 Å². The van der Waals surface area contributed by atoms with E-state index >= 15 is 0 Å². The maximum absolute atomic E-state index is 6.28. The molecule has 2 aromatic carbocycles. The monoisotopic (exact) mass is 336 g/mol. The van der Waals surface area contributed by atoms with Crippen LogP contribution >= 0.6 is 27.5 Å². The van der Waals surface area contributed by atoms with Gasteiger partial charge < -0.3 is 9.72 Å². The average Bonchev–Trinajstić information content (AvgIpc) is 2.84. The van der Waals surface area contributed by atoms with Gasteiger partial charge in [-0.05, 0) is 40.2 Å². The van der Waals surface area contributed by atoms with Crippen molar-refractivity contribution in [1.82, 2.24) is 9.97 Å². The Morgan fingerprint density at radius 1 is 1.21 bits per heavy atom. The number of hydrogen-bond acceptors (Lipinski definition) is 2. The summed E-state index contributed by atoms with van der Waals surface area (Å²) in [5, 5.41) is 0.596. The van der Waals surface area contributed by atoms with Gasteiger partial charge in [0.2, 0.25) is 0 Å². The van der Waals surface area contributed by atoms with Crippen molar-refractivity contribution in [2.75, 3.05) is 7.11 Å². The average molecular weight is 338 g/mol. The molecule has 3 aromatic rings. The van der Waals surface area contributed by atoms with Crippen LogP contribution < -0.4 is 4.74 Å². The zero-order valence-corrected chi connectivity index (χ0v) is 12.4. The Morgan fingerprint density at radius 3 is 2.74 bits per heavy atom. The summed E-state index contributed by atoms with van der Waals surface area (Å²) in [5.41, 5.74) is 2.63. The van der Waals surface area contributed by atoms with Crippen LogP contribution in [0, 0.1) is 0 Å². The highest BCUT2D eigenvalue weighted by atomic mass is 79.9. The lowest BCUT2D eigenvalue weighted by atomic mass is 10.2. The van der Waals surface area contributed by atoms with Crippen molar-refractivity contribution in [2.45, 2.75) is 0 Å². The van der Waals surface area contributed by atoms with Crippen molar-refractivity contribution in [3.05, 3.63) is 45.9 Å². The molecular weight excluding hydrogens is 328 g/mol. The number of rotatable bonds is 2. The molecule has 1 N–H and O–H groups in total. The van der Waals surface area contributed by atoms with Gasteiger partial charge in [0.15, 0.2) is 0 Å². The predicted octanol–water partition coefficient (Wildman–Crippen LogP) is 4.65. The van der Waals surface area contributed by atoms with E-state index in [0.717, 1.165) is 21.1 Å². The summed E-state index contributed by atoms with van der Waals surface area (Å²) in [4.78, 5) is 7.81. The predicted molar refractivity (Wildman–Crippen MR) is 80.8 cm³/mol. The Labute approximate surface area is 123 Å². The number of ether oxygens (including phenoxy) is 1. The first-order chi connectivity index (χ1) is 9.20. The lowest BCUT2D eigenvalue weighted by molar-refractivity contribution is 0.413.